The lowest BCUT2D eigenvalue weighted by molar-refractivity contribution is 0.0757. The maximum Gasteiger partial charge on any atom is 0.264 e. The van der Waals surface area contributed by atoms with Crippen LogP contribution in [0.4, 0.5) is 0 Å². The lowest BCUT2D eigenvalue weighted by atomic mass is 10.1. The zero-order valence-electron chi connectivity index (χ0n) is 14.3. The van der Waals surface area contributed by atoms with E-state index in [1.165, 1.54) is 11.3 Å². The Hall–Kier alpha value is -2.86. The van der Waals surface area contributed by atoms with Gasteiger partial charge in [-0.25, -0.2) is 0 Å². The third-order valence-electron chi connectivity index (χ3n) is 4.27. The van der Waals surface area contributed by atoms with Crippen molar-refractivity contribution in [2.75, 3.05) is 13.3 Å². The van der Waals surface area contributed by atoms with E-state index in [4.69, 9.17) is 9.47 Å². The molecule has 0 spiro atoms. The van der Waals surface area contributed by atoms with Gasteiger partial charge >= 0.3 is 0 Å². The first kappa shape index (κ1) is 16.6. The van der Waals surface area contributed by atoms with Crippen molar-refractivity contribution in [2.24, 2.45) is 0 Å². The molecular weight excluding hydrogens is 348 g/mol. The highest BCUT2D eigenvalue weighted by molar-refractivity contribution is 7.17. The second kappa shape index (κ2) is 7.17. The summed E-state index contributed by atoms with van der Waals surface area (Å²) in [6.07, 6.45) is 3.49. The maximum atomic E-state index is 12.9. The Labute approximate surface area is 155 Å². The van der Waals surface area contributed by atoms with Gasteiger partial charge in [-0.2, -0.15) is 0 Å². The number of pyridine rings is 1. The van der Waals surface area contributed by atoms with E-state index >= 15 is 0 Å². The Kier molecular flexibility index (Phi) is 4.58. The van der Waals surface area contributed by atoms with Crippen LogP contribution in [0.25, 0.3) is 10.4 Å². The first-order chi connectivity index (χ1) is 12.7. The molecule has 0 saturated heterocycles. The van der Waals surface area contributed by atoms with E-state index in [1.54, 1.807) is 12.4 Å². The summed E-state index contributed by atoms with van der Waals surface area (Å²) in [5.74, 6) is 1.55. The van der Waals surface area contributed by atoms with Crippen molar-refractivity contribution >= 4 is 17.2 Å². The summed E-state index contributed by atoms with van der Waals surface area (Å²) in [4.78, 5) is 20.5. The molecule has 0 saturated carbocycles. The van der Waals surface area contributed by atoms with Crippen molar-refractivity contribution in [2.45, 2.75) is 13.5 Å². The van der Waals surface area contributed by atoms with Crippen LogP contribution >= 0.6 is 11.3 Å². The van der Waals surface area contributed by atoms with Crippen LogP contribution in [0.5, 0.6) is 11.5 Å². The molecule has 1 aromatic carbocycles. The Bertz CT molecular complexity index is 924. The van der Waals surface area contributed by atoms with Crippen molar-refractivity contribution in [3.8, 4) is 21.9 Å². The molecule has 0 fully saturated rings. The Morgan fingerprint density at radius 2 is 1.92 bits per heavy atom. The van der Waals surface area contributed by atoms with Gasteiger partial charge in [0.05, 0.1) is 4.88 Å². The molecule has 3 aromatic rings. The highest BCUT2D eigenvalue weighted by Gasteiger charge is 2.19. The maximum absolute atomic E-state index is 12.9. The first-order valence-electron chi connectivity index (χ1n) is 8.42. The van der Waals surface area contributed by atoms with E-state index in [9.17, 15) is 4.79 Å². The zero-order valence-corrected chi connectivity index (χ0v) is 15.2. The predicted octanol–water partition coefficient (Wildman–Crippen LogP) is 4.20. The second-order valence-corrected chi connectivity index (χ2v) is 6.99. The van der Waals surface area contributed by atoms with Gasteiger partial charge in [0.2, 0.25) is 6.79 Å². The first-order valence-corrected chi connectivity index (χ1v) is 9.24. The number of carbonyl (C=O) groups excluding carboxylic acids is 1. The van der Waals surface area contributed by atoms with Crippen molar-refractivity contribution in [3.05, 3.63) is 65.3 Å². The summed E-state index contributed by atoms with van der Waals surface area (Å²) < 4.78 is 10.8. The zero-order chi connectivity index (χ0) is 17.9. The number of rotatable bonds is 5. The third-order valence-corrected chi connectivity index (χ3v) is 5.39. The van der Waals surface area contributed by atoms with Crippen molar-refractivity contribution < 1.29 is 14.3 Å². The van der Waals surface area contributed by atoms with Crippen LogP contribution < -0.4 is 9.47 Å². The minimum atomic E-state index is 0.0429. The molecule has 0 atom stereocenters. The van der Waals surface area contributed by atoms with Crippen molar-refractivity contribution in [3.63, 3.8) is 0 Å². The van der Waals surface area contributed by atoms with E-state index in [0.29, 0.717) is 13.1 Å². The molecule has 6 heteroatoms. The van der Waals surface area contributed by atoms with Crippen LogP contribution in [0.1, 0.15) is 22.2 Å². The van der Waals surface area contributed by atoms with Gasteiger partial charge in [-0.3, -0.25) is 9.78 Å². The fraction of sp³-hybridized carbons (Fsp3) is 0.200. The fourth-order valence-electron chi connectivity index (χ4n) is 2.85. The molecule has 1 aliphatic heterocycles. The Morgan fingerprint density at radius 3 is 2.73 bits per heavy atom. The molecule has 1 amide bonds. The standard InChI is InChI=1S/C20H18N2O3S/c1-2-22(12-14-7-9-21-10-8-14)20(23)19-6-5-18(26-19)15-3-4-16-17(11-15)25-13-24-16/h3-11H,2,12-13H2,1H3. The molecule has 26 heavy (non-hydrogen) atoms. The van der Waals surface area contributed by atoms with Gasteiger partial charge in [-0.15, -0.1) is 11.3 Å². The topological polar surface area (TPSA) is 51.7 Å². The van der Waals surface area contributed by atoms with Crippen LogP contribution in [-0.4, -0.2) is 29.1 Å². The molecule has 0 N–H and O–H groups in total. The number of carbonyl (C=O) groups is 1. The molecule has 4 rings (SSSR count). The normalized spacial score (nSPS) is 12.2. The van der Waals surface area contributed by atoms with Gasteiger partial charge in [0.15, 0.2) is 11.5 Å². The summed E-state index contributed by atoms with van der Waals surface area (Å²) in [7, 11) is 0. The van der Waals surface area contributed by atoms with Gasteiger partial charge in [0.25, 0.3) is 5.91 Å². The molecule has 0 unspecified atom stereocenters. The third kappa shape index (κ3) is 3.28. The quantitative estimate of drug-likeness (QED) is 0.679. The van der Waals surface area contributed by atoms with Gasteiger partial charge < -0.3 is 14.4 Å². The van der Waals surface area contributed by atoms with E-state index in [1.807, 2.05) is 54.3 Å². The Morgan fingerprint density at radius 1 is 1.12 bits per heavy atom. The van der Waals surface area contributed by atoms with Gasteiger partial charge in [0.1, 0.15) is 0 Å². The number of thiophene rings is 1. The molecule has 0 radical (unpaired) electrons. The summed E-state index contributed by atoms with van der Waals surface area (Å²) in [6.45, 7) is 3.48. The average molecular weight is 366 g/mol. The van der Waals surface area contributed by atoms with E-state index in [2.05, 4.69) is 4.98 Å². The molecule has 5 nitrogen and oxygen atoms in total. The van der Waals surface area contributed by atoms with Crippen molar-refractivity contribution in [1.82, 2.24) is 9.88 Å². The summed E-state index contributed by atoms with van der Waals surface area (Å²) in [5.41, 5.74) is 2.10. The number of amides is 1. The van der Waals surface area contributed by atoms with Crippen LogP contribution in [0, 0.1) is 0 Å². The largest absolute Gasteiger partial charge is 0.454 e. The second-order valence-electron chi connectivity index (χ2n) is 5.91. The molecule has 0 aliphatic carbocycles. The van der Waals surface area contributed by atoms with E-state index in [-0.39, 0.29) is 12.7 Å². The number of nitrogens with zero attached hydrogens (tertiary/aromatic N) is 2. The summed E-state index contributed by atoms with van der Waals surface area (Å²) >= 11 is 1.49. The number of ether oxygens (including phenoxy) is 2. The monoisotopic (exact) mass is 366 g/mol. The SMILES string of the molecule is CCN(Cc1ccncc1)C(=O)c1ccc(-c2ccc3c(c2)OCO3)s1. The predicted molar refractivity (Wildman–Crippen MR) is 101 cm³/mol. The number of benzene rings is 1. The summed E-state index contributed by atoms with van der Waals surface area (Å²) in [6, 6.07) is 13.6. The van der Waals surface area contributed by atoms with Crippen molar-refractivity contribution in [1.29, 1.82) is 0 Å². The molecular formula is C20H18N2O3S. The van der Waals surface area contributed by atoms with Gasteiger partial charge in [0, 0.05) is 30.4 Å². The van der Waals surface area contributed by atoms with E-state index < -0.39 is 0 Å². The number of hydrogen-bond donors (Lipinski definition) is 0. The van der Waals surface area contributed by atoms with Gasteiger partial charge in [-0.05, 0) is 60.5 Å². The van der Waals surface area contributed by atoms with Crippen LogP contribution in [-0.2, 0) is 6.54 Å². The lowest BCUT2D eigenvalue weighted by Gasteiger charge is -2.20. The molecule has 132 valence electrons. The fourth-order valence-corrected chi connectivity index (χ4v) is 3.82. The number of fused-ring (bicyclic) bond motifs is 1. The van der Waals surface area contributed by atoms with Gasteiger partial charge in [-0.1, -0.05) is 0 Å². The minimum Gasteiger partial charge on any atom is -0.454 e. The highest BCUT2D eigenvalue weighted by atomic mass is 32.1. The highest BCUT2D eigenvalue weighted by Crippen LogP contribution is 2.38. The number of aromatic nitrogens is 1. The number of hydrogen-bond acceptors (Lipinski definition) is 5. The smallest absolute Gasteiger partial charge is 0.264 e. The Balaban J connectivity index is 1.54. The van der Waals surface area contributed by atoms with Crippen LogP contribution in [0.3, 0.4) is 0 Å². The van der Waals surface area contributed by atoms with E-state index in [0.717, 1.165) is 32.4 Å². The average Bonchev–Trinajstić information content (AvgIpc) is 3.35. The molecule has 0 bridgehead atoms. The molecule has 1 aliphatic rings. The minimum absolute atomic E-state index is 0.0429. The molecule has 2 aromatic heterocycles. The molecule has 3 heterocycles. The van der Waals surface area contributed by atoms with Crippen LogP contribution in [0.2, 0.25) is 0 Å². The van der Waals surface area contributed by atoms with Crippen LogP contribution in [0.15, 0.2) is 54.9 Å². The summed E-state index contributed by atoms with van der Waals surface area (Å²) in [5, 5.41) is 0. The lowest BCUT2D eigenvalue weighted by Crippen LogP contribution is -2.29.